The summed E-state index contributed by atoms with van der Waals surface area (Å²) < 4.78 is 48.4. The van der Waals surface area contributed by atoms with Gasteiger partial charge in [0.2, 0.25) is 0 Å². The molecule has 1 aliphatic heterocycles. The largest absolute Gasteiger partial charge is 0.444 e. The first kappa shape index (κ1) is 25.6. The van der Waals surface area contributed by atoms with Crippen LogP contribution in [0.4, 0.5) is 23.7 Å². The maximum Gasteiger partial charge on any atom is 0.430 e. The number of ether oxygens (including phenoxy) is 1. The van der Waals surface area contributed by atoms with E-state index in [9.17, 15) is 18.0 Å². The minimum atomic E-state index is -4.69. The summed E-state index contributed by atoms with van der Waals surface area (Å²) in [5.41, 5.74) is 5.10. The third-order valence-electron chi connectivity index (χ3n) is 6.80. The minimum absolute atomic E-state index is 0.0374. The molecule has 2 unspecified atom stereocenters. The maximum atomic E-state index is 14.3. The molecule has 0 bridgehead atoms. The zero-order chi connectivity index (χ0) is 26.0. The molecule has 0 saturated heterocycles. The third kappa shape index (κ3) is 5.35. The number of rotatable bonds is 5. The Labute approximate surface area is 210 Å². The van der Waals surface area contributed by atoms with Crippen LogP contribution in [0.3, 0.4) is 0 Å². The van der Waals surface area contributed by atoms with E-state index in [1.54, 1.807) is 30.3 Å². The second-order valence-electron chi connectivity index (χ2n) is 9.58. The van der Waals surface area contributed by atoms with E-state index in [0.717, 1.165) is 47.6 Å². The molecule has 0 aromatic heterocycles. The van der Waals surface area contributed by atoms with E-state index < -0.39 is 18.3 Å². The van der Waals surface area contributed by atoms with Crippen molar-refractivity contribution in [2.45, 2.75) is 52.3 Å². The second-order valence-corrected chi connectivity index (χ2v) is 9.58. The fourth-order valence-corrected chi connectivity index (χ4v) is 4.70. The summed E-state index contributed by atoms with van der Waals surface area (Å²) in [5.74, 6) is 0.385. The molecule has 1 heterocycles. The molecule has 2 aromatic rings. The molecule has 1 amide bonds. The Balaban J connectivity index is 1.68. The lowest BCUT2D eigenvalue weighted by Crippen LogP contribution is -2.52. The highest BCUT2D eigenvalue weighted by Gasteiger charge is 2.52. The number of aryl methyl sites for hydroxylation is 2. The number of hydrogen-bond donors (Lipinski definition) is 0. The van der Waals surface area contributed by atoms with Gasteiger partial charge < -0.3 is 4.74 Å². The number of benzene rings is 2. The quantitative estimate of drug-likeness (QED) is 0.397. The Morgan fingerprint density at radius 2 is 1.86 bits per heavy atom. The fraction of sp³-hybridized carbons (Fsp3) is 0.345. The Bertz CT molecular complexity index is 1200. The molecule has 0 fully saturated rings. The summed E-state index contributed by atoms with van der Waals surface area (Å²) in [6, 6.07) is 12.0. The minimum Gasteiger partial charge on any atom is -0.444 e. The van der Waals surface area contributed by atoms with Gasteiger partial charge in [0, 0.05) is 5.56 Å². The van der Waals surface area contributed by atoms with Crippen LogP contribution in [-0.4, -0.2) is 29.9 Å². The smallest absolute Gasteiger partial charge is 0.430 e. The van der Waals surface area contributed by atoms with Crippen LogP contribution in [0.25, 0.3) is 5.70 Å². The van der Waals surface area contributed by atoms with Crippen LogP contribution in [0.1, 0.15) is 42.9 Å². The summed E-state index contributed by atoms with van der Waals surface area (Å²) in [5, 5.41) is 2.02. The van der Waals surface area contributed by atoms with Crippen molar-refractivity contribution in [2.24, 2.45) is 5.92 Å². The summed E-state index contributed by atoms with van der Waals surface area (Å²) in [7, 11) is 0. The van der Waals surface area contributed by atoms with Gasteiger partial charge in [0.05, 0.1) is 11.4 Å². The van der Waals surface area contributed by atoms with Crippen LogP contribution in [0.2, 0.25) is 0 Å². The van der Waals surface area contributed by atoms with Gasteiger partial charge in [0.25, 0.3) is 0 Å². The highest BCUT2D eigenvalue weighted by atomic mass is 19.4. The van der Waals surface area contributed by atoms with Gasteiger partial charge >= 0.3 is 12.3 Å². The predicted octanol–water partition coefficient (Wildman–Crippen LogP) is 7.75. The van der Waals surface area contributed by atoms with Crippen molar-refractivity contribution in [2.75, 3.05) is 11.6 Å². The standard InChI is InChI=1S/C29H31F3N2O2/c1-19(2)23-14-12-22(13-15-23)18-36-28(35)34-27(29(30,31)32)17-26(25-16-20(3)10-11-21(25)4)33(34)24-8-6-5-7-9-24/h5-12,16-17,23,27H,1,13-15,18H2,2-4H3. The van der Waals surface area contributed by atoms with Crippen LogP contribution in [-0.2, 0) is 4.74 Å². The lowest BCUT2D eigenvalue weighted by Gasteiger charge is -2.35. The normalized spacial score (nSPS) is 20.2. The molecule has 0 N–H and O–H groups in total. The molecule has 0 radical (unpaired) electrons. The van der Waals surface area contributed by atoms with Crippen LogP contribution >= 0.6 is 0 Å². The van der Waals surface area contributed by atoms with E-state index in [4.69, 9.17) is 4.74 Å². The molecule has 0 saturated carbocycles. The summed E-state index contributed by atoms with van der Waals surface area (Å²) >= 11 is 0. The van der Waals surface area contributed by atoms with Crippen molar-refractivity contribution in [3.05, 3.63) is 95.1 Å². The predicted molar refractivity (Wildman–Crippen MR) is 136 cm³/mol. The molecular weight excluding hydrogens is 465 g/mol. The Morgan fingerprint density at radius 3 is 2.47 bits per heavy atom. The molecule has 0 spiro atoms. The summed E-state index contributed by atoms with van der Waals surface area (Å²) in [6.45, 7) is 9.69. The van der Waals surface area contributed by atoms with Gasteiger partial charge in [-0.05, 0) is 81.4 Å². The van der Waals surface area contributed by atoms with Crippen LogP contribution < -0.4 is 5.01 Å². The number of carbonyl (C=O) groups excluding carboxylic acids is 1. The van der Waals surface area contributed by atoms with Crippen molar-refractivity contribution in [3.8, 4) is 0 Å². The summed E-state index contributed by atoms with van der Waals surface area (Å²) in [4.78, 5) is 13.3. The SMILES string of the molecule is C=C(C)C1CC=C(COC(=O)N2C(C(F)(F)F)C=C(c3cc(C)ccc3C)N2c2ccccc2)CC1. The molecule has 1 aliphatic carbocycles. The molecule has 2 aromatic carbocycles. The van der Waals surface area contributed by atoms with Crippen molar-refractivity contribution in [1.82, 2.24) is 5.01 Å². The number of amides is 1. The lowest BCUT2D eigenvalue weighted by atomic mass is 9.86. The topological polar surface area (TPSA) is 32.8 Å². The van der Waals surface area contributed by atoms with E-state index in [1.807, 2.05) is 45.0 Å². The first-order valence-corrected chi connectivity index (χ1v) is 12.1. The van der Waals surface area contributed by atoms with Gasteiger partial charge in [-0.15, -0.1) is 0 Å². The molecule has 4 nitrogen and oxygen atoms in total. The second kappa shape index (κ2) is 10.2. The van der Waals surface area contributed by atoms with E-state index in [0.29, 0.717) is 27.9 Å². The van der Waals surface area contributed by atoms with Crippen molar-refractivity contribution in [3.63, 3.8) is 0 Å². The number of halogens is 3. The molecular formula is C29H31F3N2O2. The van der Waals surface area contributed by atoms with Gasteiger partial charge in [0.15, 0.2) is 6.04 Å². The number of para-hydroxylation sites is 1. The van der Waals surface area contributed by atoms with Crippen molar-refractivity contribution in [1.29, 1.82) is 0 Å². The number of alkyl halides is 3. The molecule has 2 atom stereocenters. The van der Waals surface area contributed by atoms with Gasteiger partial charge in [-0.1, -0.05) is 54.1 Å². The highest BCUT2D eigenvalue weighted by Crippen LogP contribution is 2.42. The van der Waals surface area contributed by atoms with Crippen LogP contribution in [0.5, 0.6) is 0 Å². The zero-order valence-electron chi connectivity index (χ0n) is 20.8. The molecule has 7 heteroatoms. The van der Waals surface area contributed by atoms with E-state index in [1.165, 1.54) is 5.01 Å². The number of anilines is 1. The van der Waals surface area contributed by atoms with Gasteiger partial charge in [-0.3, -0.25) is 0 Å². The van der Waals surface area contributed by atoms with Crippen molar-refractivity contribution >= 4 is 17.5 Å². The monoisotopic (exact) mass is 496 g/mol. The van der Waals surface area contributed by atoms with E-state index in [-0.39, 0.29) is 6.61 Å². The Hall–Kier alpha value is -3.48. The van der Waals surface area contributed by atoms with Crippen LogP contribution in [0.15, 0.2) is 78.4 Å². The number of hydrogen-bond acceptors (Lipinski definition) is 3. The molecule has 4 rings (SSSR count). The molecule has 190 valence electrons. The number of nitrogens with zero attached hydrogens (tertiary/aromatic N) is 2. The first-order chi connectivity index (χ1) is 17.1. The Morgan fingerprint density at radius 1 is 1.14 bits per heavy atom. The van der Waals surface area contributed by atoms with Gasteiger partial charge in [0.1, 0.15) is 6.61 Å². The summed E-state index contributed by atoms with van der Waals surface area (Å²) in [6.07, 6.45) is -0.204. The van der Waals surface area contributed by atoms with E-state index >= 15 is 0 Å². The lowest BCUT2D eigenvalue weighted by molar-refractivity contribution is -0.163. The van der Waals surface area contributed by atoms with Gasteiger partial charge in [-0.2, -0.15) is 18.2 Å². The average molecular weight is 497 g/mol. The zero-order valence-corrected chi connectivity index (χ0v) is 20.8. The molecule has 2 aliphatic rings. The number of carbonyl (C=O) groups is 1. The number of hydrazine groups is 1. The van der Waals surface area contributed by atoms with Gasteiger partial charge in [-0.25, -0.2) is 9.80 Å². The van der Waals surface area contributed by atoms with Crippen LogP contribution in [0, 0.1) is 19.8 Å². The van der Waals surface area contributed by atoms with E-state index in [2.05, 4.69) is 6.58 Å². The first-order valence-electron chi connectivity index (χ1n) is 12.1. The highest BCUT2D eigenvalue weighted by molar-refractivity contribution is 5.88. The third-order valence-corrected chi connectivity index (χ3v) is 6.80. The maximum absolute atomic E-state index is 14.3. The molecule has 36 heavy (non-hydrogen) atoms. The fourth-order valence-electron chi connectivity index (χ4n) is 4.70. The van der Waals surface area contributed by atoms with Crippen molar-refractivity contribution < 1.29 is 22.7 Å². The number of allylic oxidation sites excluding steroid dienone is 2. The average Bonchev–Trinajstić information content (AvgIpc) is 3.26. The Kier molecular flexibility index (Phi) is 7.29.